The maximum absolute atomic E-state index is 11.3. The Balaban J connectivity index is 1.68. The monoisotopic (exact) mass is 336 g/mol. The molecule has 0 N–H and O–H groups in total. The van der Waals surface area contributed by atoms with Gasteiger partial charge in [0.2, 0.25) is 5.82 Å². The van der Waals surface area contributed by atoms with Crippen LogP contribution in [0.1, 0.15) is 15.6 Å². The molecule has 0 spiro atoms. The number of aromatic nitrogens is 3. The largest absolute Gasteiger partial charge is 0.349 e. The molecule has 124 valence electrons. The van der Waals surface area contributed by atoms with Crippen LogP contribution in [0.5, 0.6) is 0 Å². The van der Waals surface area contributed by atoms with Gasteiger partial charge in [-0.3, -0.25) is 15.0 Å². The van der Waals surface area contributed by atoms with E-state index in [2.05, 4.69) is 19.9 Å². The number of aryl methyl sites for hydroxylation is 3. The SMILES string of the molecule is Cc1ncc(CN2CCN(c3c([N+](=O)[O-])c(C)nn3C)CC2)s1. The number of nitro groups is 1. The van der Waals surface area contributed by atoms with Gasteiger partial charge in [-0.05, 0) is 13.8 Å². The third-order valence-corrected chi connectivity index (χ3v) is 4.96. The van der Waals surface area contributed by atoms with Gasteiger partial charge in [0.25, 0.3) is 0 Å². The molecule has 1 aliphatic rings. The molecule has 8 nitrogen and oxygen atoms in total. The van der Waals surface area contributed by atoms with Crippen molar-refractivity contribution in [2.24, 2.45) is 7.05 Å². The summed E-state index contributed by atoms with van der Waals surface area (Å²) in [6.45, 7) is 7.86. The molecule has 0 atom stereocenters. The lowest BCUT2D eigenvalue weighted by atomic mass is 10.2. The van der Waals surface area contributed by atoms with Gasteiger partial charge in [0.1, 0.15) is 5.69 Å². The van der Waals surface area contributed by atoms with Gasteiger partial charge in [-0.1, -0.05) is 0 Å². The standard InChI is InChI=1S/C14H20N6O2S/c1-10-13(20(21)22)14(17(3)16-10)19-6-4-18(5-7-19)9-12-8-15-11(2)23-12/h8H,4-7,9H2,1-3H3. The lowest BCUT2D eigenvalue weighted by molar-refractivity contribution is -0.384. The van der Waals surface area contributed by atoms with E-state index in [1.54, 1.807) is 30.0 Å². The zero-order valence-electron chi connectivity index (χ0n) is 13.5. The molecule has 1 fully saturated rings. The Bertz CT molecular complexity index is 717. The van der Waals surface area contributed by atoms with E-state index in [4.69, 9.17) is 0 Å². The molecule has 1 saturated heterocycles. The first kappa shape index (κ1) is 15.9. The molecule has 0 unspecified atom stereocenters. The molecule has 0 saturated carbocycles. The van der Waals surface area contributed by atoms with E-state index in [-0.39, 0.29) is 10.6 Å². The van der Waals surface area contributed by atoms with Gasteiger partial charge >= 0.3 is 5.69 Å². The quantitative estimate of drug-likeness (QED) is 0.625. The summed E-state index contributed by atoms with van der Waals surface area (Å²) < 4.78 is 1.62. The van der Waals surface area contributed by atoms with Crippen LogP contribution >= 0.6 is 11.3 Å². The van der Waals surface area contributed by atoms with Crippen LogP contribution in [0.3, 0.4) is 0 Å². The van der Waals surface area contributed by atoms with Gasteiger partial charge in [-0.25, -0.2) is 9.67 Å². The summed E-state index contributed by atoms with van der Waals surface area (Å²) in [5.74, 6) is 0.612. The Morgan fingerprint density at radius 3 is 2.57 bits per heavy atom. The predicted molar refractivity (Wildman–Crippen MR) is 88.9 cm³/mol. The van der Waals surface area contributed by atoms with Crippen molar-refractivity contribution in [1.82, 2.24) is 19.7 Å². The molecule has 2 aromatic heterocycles. The first-order chi connectivity index (χ1) is 11.0. The highest BCUT2D eigenvalue weighted by Crippen LogP contribution is 2.31. The second kappa shape index (κ2) is 6.25. The lowest BCUT2D eigenvalue weighted by Crippen LogP contribution is -2.46. The molecule has 23 heavy (non-hydrogen) atoms. The van der Waals surface area contributed by atoms with Gasteiger partial charge in [0, 0.05) is 50.8 Å². The molecule has 0 radical (unpaired) electrons. The van der Waals surface area contributed by atoms with Crippen molar-refractivity contribution in [3.63, 3.8) is 0 Å². The fourth-order valence-corrected chi connectivity index (χ4v) is 3.86. The molecule has 3 heterocycles. The number of thiazole rings is 1. The van der Waals surface area contributed by atoms with Crippen LogP contribution in [0.25, 0.3) is 0 Å². The molecule has 2 aromatic rings. The van der Waals surface area contributed by atoms with Gasteiger partial charge in [-0.2, -0.15) is 5.10 Å². The molecule has 0 bridgehead atoms. The summed E-state index contributed by atoms with van der Waals surface area (Å²) in [4.78, 5) is 21.0. The minimum atomic E-state index is -0.329. The van der Waals surface area contributed by atoms with Crippen LogP contribution in [-0.2, 0) is 13.6 Å². The van der Waals surface area contributed by atoms with Crippen molar-refractivity contribution in [3.05, 3.63) is 31.9 Å². The van der Waals surface area contributed by atoms with E-state index in [0.717, 1.165) is 37.7 Å². The minimum Gasteiger partial charge on any atom is -0.349 e. The number of piperazine rings is 1. The van der Waals surface area contributed by atoms with E-state index in [0.29, 0.717) is 11.5 Å². The average Bonchev–Trinajstić information content (AvgIpc) is 3.02. The Morgan fingerprint density at radius 2 is 2.00 bits per heavy atom. The zero-order valence-corrected chi connectivity index (χ0v) is 14.3. The van der Waals surface area contributed by atoms with Gasteiger partial charge < -0.3 is 4.90 Å². The topological polar surface area (TPSA) is 80.3 Å². The summed E-state index contributed by atoms with van der Waals surface area (Å²) in [6.07, 6.45) is 1.93. The Morgan fingerprint density at radius 1 is 1.30 bits per heavy atom. The summed E-state index contributed by atoms with van der Waals surface area (Å²) in [5.41, 5.74) is 0.592. The number of hydrogen-bond acceptors (Lipinski definition) is 7. The Hall–Kier alpha value is -2.00. The van der Waals surface area contributed by atoms with Crippen molar-refractivity contribution in [1.29, 1.82) is 0 Å². The number of hydrogen-bond donors (Lipinski definition) is 0. The fraction of sp³-hybridized carbons (Fsp3) is 0.571. The Kier molecular flexibility index (Phi) is 4.31. The molecule has 1 aliphatic heterocycles. The zero-order chi connectivity index (χ0) is 16.6. The lowest BCUT2D eigenvalue weighted by Gasteiger charge is -2.35. The van der Waals surface area contributed by atoms with E-state index in [9.17, 15) is 10.1 Å². The van der Waals surface area contributed by atoms with Crippen LogP contribution in [0.15, 0.2) is 6.20 Å². The molecule has 0 amide bonds. The third kappa shape index (κ3) is 3.20. The number of nitrogens with zero attached hydrogens (tertiary/aromatic N) is 6. The van der Waals surface area contributed by atoms with Crippen molar-refractivity contribution in [2.45, 2.75) is 20.4 Å². The minimum absolute atomic E-state index is 0.124. The van der Waals surface area contributed by atoms with Gasteiger partial charge in [-0.15, -0.1) is 11.3 Å². The Labute approximate surface area is 138 Å². The van der Waals surface area contributed by atoms with Crippen LogP contribution in [-0.4, -0.2) is 50.8 Å². The summed E-state index contributed by atoms with van der Waals surface area (Å²) >= 11 is 1.72. The van der Waals surface area contributed by atoms with E-state index < -0.39 is 0 Å². The second-order valence-corrected chi connectivity index (χ2v) is 7.07. The molecular formula is C14H20N6O2S. The first-order valence-electron chi connectivity index (χ1n) is 7.52. The molecule has 0 aliphatic carbocycles. The van der Waals surface area contributed by atoms with Crippen LogP contribution < -0.4 is 4.90 Å². The van der Waals surface area contributed by atoms with Gasteiger partial charge in [0.05, 0.1) is 9.93 Å². The third-order valence-electron chi connectivity index (χ3n) is 4.06. The molecule has 3 rings (SSSR count). The predicted octanol–water partition coefficient (Wildman–Crippen LogP) is 1.72. The molecular weight excluding hydrogens is 316 g/mol. The van der Waals surface area contributed by atoms with Crippen LogP contribution in [0, 0.1) is 24.0 Å². The van der Waals surface area contributed by atoms with Crippen molar-refractivity contribution in [2.75, 3.05) is 31.1 Å². The summed E-state index contributed by atoms with van der Waals surface area (Å²) in [6, 6.07) is 0. The molecule has 0 aromatic carbocycles. The van der Waals surface area contributed by atoms with Crippen molar-refractivity contribution >= 4 is 22.8 Å². The normalized spacial score (nSPS) is 16.0. The van der Waals surface area contributed by atoms with E-state index in [1.807, 2.05) is 13.1 Å². The van der Waals surface area contributed by atoms with E-state index >= 15 is 0 Å². The molecule has 9 heteroatoms. The summed E-state index contributed by atoms with van der Waals surface area (Å²) in [7, 11) is 1.77. The highest BCUT2D eigenvalue weighted by molar-refractivity contribution is 7.11. The smallest absolute Gasteiger partial charge is 0.333 e. The van der Waals surface area contributed by atoms with Gasteiger partial charge in [0.15, 0.2) is 0 Å². The maximum atomic E-state index is 11.3. The maximum Gasteiger partial charge on any atom is 0.333 e. The number of rotatable bonds is 4. The number of anilines is 1. The first-order valence-corrected chi connectivity index (χ1v) is 8.34. The average molecular weight is 336 g/mol. The summed E-state index contributed by atoms with van der Waals surface area (Å²) in [5, 5.41) is 16.6. The highest BCUT2D eigenvalue weighted by Gasteiger charge is 2.30. The fourth-order valence-electron chi connectivity index (χ4n) is 3.02. The van der Waals surface area contributed by atoms with Crippen LogP contribution in [0.2, 0.25) is 0 Å². The highest BCUT2D eigenvalue weighted by atomic mass is 32.1. The van der Waals surface area contributed by atoms with Crippen LogP contribution in [0.4, 0.5) is 11.5 Å². The second-order valence-electron chi connectivity index (χ2n) is 5.75. The van der Waals surface area contributed by atoms with E-state index in [1.165, 1.54) is 4.88 Å². The van der Waals surface area contributed by atoms with Crippen molar-refractivity contribution < 1.29 is 4.92 Å². The van der Waals surface area contributed by atoms with Crippen molar-refractivity contribution in [3.8, 4) is 0 Å².